The number of hydrogen-bond acceptors (Lipinski definition) is 3. The van der Waals surface area contributed by atoms with Crippen molar-refractivity contribution in [3.05, 3.63) is 16.6 Å². The second-order valence-corrected chi connectivity index (χ2v) is 3.54. The molecule has 0 aliphatic heterocycles. The molecule has 3 nitrogen and oxygen atoms in total. The number of carbonyl (C=O) groups is 1. The molecule has 1 atom stereocenters. The molecule has 1 aromatic heterocycles. The number of carbonyl (C=O) groups excluding carboxylic acids is 1. The first-order valence-electron chi connectivity index (χ1n) is 3.94. The maximum Gasteiger partial charge on any atom is 0.227 e. The third kappa shape index (κ3) is 2.04. The van der Waals surface area contributed by atoms with Crippen molar-refractivity contribution in [1.29, 1.82) is 0 Å². The third-order valence-electron chi connectivity index (χ3n) is 1.67. The predicted molar refractivity (Wildman–Crippen MR) is 49.0 cm³/mol. The number of nitrogens with zero attached hydrogens (tertiary/aromatic N) is 1. The highest BCUT2D eigenvalue weighted by Crippen LogP contribution is 2.22. The normalized spacial score (nSPS) is 12.8. The zero-order chi connectivity index (χ0) is 8.97. The summed E-state index contributed by atoms with van der Waals surface area (Å²) < 4.78 is 0. The highest BCUT2D eigenvalue weighted by atomic mass is 32.1. The van der Waals surface area contributed by atoms with E-state index in [1.54, 1.807) is 6.20 Å². The Kier molecular flexibility index (Phi) is 3.22. The lowest BCUT2D eigenvalue weighted by molar-refractivity contribution is -0.119. The SMILES string of the molecule is CCCC(C(N)=O)c1nccs1. The van der Waals surface area contributed by atoms with E-state index in [1.807, 2.05) is 12.3 Å². The van der Waals surface area contributed by atoms with Crippen LogP contribution >= 0.6 is 11.3 Å². The van der Waals surface area contributed by atoms with E-state index in [0.29, 0.717) is 0 Å². The van der Waals surface area contributed by atoms with Crippen molar-refractivity contribution in [3.8, 4) is 0 Å². The van der Waals surface area contributed by atoms with Gasteiger partial charge in [0.1, 0.15) is 5.01 Å². The zero-order valence-electron chi connectivity index (χ0n) is 6.99. The summed E-state index contributed by atoms with van der Waals surface area (Å²) in [6.07, 6.45) is 3.45. The lowest BCUT2D eigenvalue weighted by Crippen LogP contribution is -2.21. The van der Waals surface area contributed by atoms with Crippen LogP contribution in [0, 0.1) is 0 Å². The Bertz CT molecular complexity index is 246. The second kappa shape index (κ2) is 4.21. The number of aromatic nitrogens is 1. The quantitative estimate of drug-likeness (QED) is 0.771. The third-order valence-corrected chi connectivity index (χ3v) is 2.56. The van der Waals surface area contributed by atoms with Crippen LogP contribution in [0.4, 0.5) is 0 Å². The van der Waals surface area contributed by atoms with Gasteiger partial charge < -0.3 is 5.73 Å². The summed E-state index contributed by atoms with van der Waals surface area (Å²) in [5.74, 6) is -0.457. The fourth-order valence-electron chi connectivity index (χ4n) is 1.08. The van der Waals surface area contributed by atoms with Gasteiger partial charge in [-0.3, -0.25) is 4.79 Å². The number of amides is 1. The Labute approximate surface area is 75.6 Å². The highest BCUT2D eigenvalue weighted by molar-refractivity contribution is 7.09. The van der Waals surface area contributed by atoms with Crippen molar-refractivity contribution in [2.45, 2.75) is 25.7 Å². The molecule has 12 heavy (non-hydrogen) atoms. The summed E-state index contributed by atoms with van der Waals surface area (Å²) in [7, 11) is 0. The van der Waals surface area contributed by atoms with Gasteiger partial charge in [0.15, 0.2) is 0 Å². The number of thiazole rings is 1. The molecule has 1 rings (SSSR count). The van der Waals surface area contributed by atoms with Crippen molar-refractivity contribution in [2.24, 2.45) is 5.73 Å². The van der Waals surface area contributed by atoms with Crippen LogP contribution in [0.1, 0.15) is 30.7 Å². The number of rotatable bonds is 4. The topological polar surface area (TPSA) is 56.0 Å². The first-order chi connectivity index (χ1) is 5.75. The van der Waals surface area contributed by atoms with Gasteiger partial charge in [-0.1, -0.05) is 13.3 Å². The number of hydrogen-bond donors (Lipinski definition) is 1. The van der Waals surface area contributed by atoms with E-state index in [4.69, 9.17) is 5.73 Å². The van der Waals surface area contributed by atoms with Gasteiger partial charge in [-0.25, -0.2) is 4.98 Å². The molecule has 0 aromatic carbocycles. The van der Waals surface area contributed by atoms with Crippen LogP contribution in [0.5, 0.6) is 0 Å². The minimum Gasteiger partial charge on any atom is -0.369 e. The summed E-state index contributed by atoms with van der Waals surface area (Å²) in [4.78, 5) is 15.1. The maximum atomic E-state index is 11.0. The van der Waals surface area contributed by atoms with E-state index in [1.165, 1.54) is 11.3 Å². The molecule has 1 heterocycles. The van der Waals surface area contributed by atoms with Gasteiger partial charge in [-0.05, 0) is 6.42 Å². The monoisotopic (exact) mass is 184 g/mol. The molecule has 0 bridgehead atoms. The molecule has 66 valence electrons. The molecular formula is C8H12N2OS. The van der Waals surface area contributed by atoms with Gasteiger partial charge in [0.2, 0.25) is 5.91 Å². The van der Waals surface area contributed by atoms with Crippen LogP contribution < -0.4 is 5.73 Å². The Morgan fingerprint density at radius 2 is 2.58 bits per heavy atom. The van der Waals surface area contributed by atoms with E-state index in [9.17, 15) is 4.79 Å². The minimum absolute atomic E-state index is 0.185. The Balaban J connectivity index is 2.73. The van der Waals surface area contributed by atoms with Gasteiger partial charge in [0.05, 0.1) is 5.92 Å². The van der Waals surface area contributed by atoms with Gasteiger partial charge in [-0.2, -0.15) is 0 Å². The molecular weight excluding hydrogens is 172 g/mol. The maximum absolute atomic E-state index is 11.0. The zero-order valence-corrected chi connectivity index (χ0v) is 7.80. The smallest absolute Gasteiger partial charge is 0.227 e. The number of nitrogens with two attached hydrogens (primary N) is 1. The summed E-state index contributed by atoms with van der Waals surface area (Å²) in [6.45, 7) is 2.03. The molecule has 0 radical (unpaired) electrons. The van der Waals surface area contributed by atoms with E-state index in [2.05, 4.69) is 4.98 Å². The Hall–Kier alpha value is -0.900. The molecule has 1 unspecified atom stereocenters. The summed E-state index contributed by atoms with van der Waals surface area (Å²) in [5.41, 5.74) is 5.24. The molecule has 0 spiro atoms. The fraction of sp³-hybridized carbons (Fsp3) is 0.500. The lowest BCUT2D eigenvalue weighted by Gasteiger charge is -2.07. The van der Waals surface area contributed by atoms with Crippen LogP contribution in [0.25, 0.3) is 0 Å². The molecule has 0 fully saturated rings. The molecule has 0 saturated heterocycles. The molecule has 0 aliphatic rings. The first-order valence-corrected chi connectivity index (χ1v) is 4.82. The molecule has 2 N–H and O–H groups in total. The van der Waals surface area contributed by atoms with Crippen LogP contribution in [-0.2, 0) is 4.79 Å². The summed E-state index contributed by atoms with van der Waals surface area (Å²) in [6, 6.07) is 0. The van der Waals surface area contributed by atoms with Gasteiger partial charge in [0.25, 0.3) is 0 Å². The predicted octanol–water partition coefficient (Wildman–Crippen LogP) is 1.51. The average molecular weight is 184 g/mol. The van der Waals surface area contributed by atoms with Crippen molar-refractivity contribution >= 4 is 17.2 Å². The highest BCUT2D eigenvalue weighted by Gasteiger charge is 2.18. The standard InChI is InChI=1S/C8H12N2OS/c1-2-3-6(7(9)11)8-10-4-5-12-8/h4-6H,2-3H2,1H3,(H2,9,11). The van der Waals surface area contributed by atoms with Crippen LogP contribution in [0.2, 0.25) is 0 Å². The van der Waals surface area contributed by atoms with Gasteiger partial charge in [-0.15, -0.1) is 11.3 Å². The van der Waals surface area contributed by atoms with Crippen molar-refractivity contribution < 1.29 is 4.79 Å². The van der Waals surface area contributed by atoms with Crippen LogP contribution in [0.3, 0.4) is 0 Å². The van der Waals surface area contributed by atoms with E-state index < -0.39 is 0 Å². The van der Waals surface area contributed by atoms with Gasteiger partial charge in [0, 0.05) is 11.6 Å². The molecule has 4 heteroatoms. The number of primary amides is 1. The molecule has 0 aliphatic carbocycles. The Morgan fingerprint density at radius 1 is 1.83 bits per heavy atom. The molecule has 1 amide bonds. The Morgan fingerprint density at radius 3 is 3.00 bits per heavy atom. The van der Waals surface area contributed by atoms with E-state index in [0.717, 1.165) is 17.8 Å². The lowest BCUT2D eigenvalue weighted by atomic mass is 10.0. The minimum atomic E-state index is -0.271. The molecule has 1 aromatic rings. The van der Waals surface area contributed by atoms with Crippen LogP contribution in [-0.4, -0.2) is 10.9 Å². The van der Waals surface area contributed by atoms with Crippen molar-refractivity contribution in [3.63, 3.8) is 0 Å². The average Bonchev–Trinajstić information content (AvgIpc) is 2.51. The largest absolute Gasteiger partial charge is 0.369 e. The van der Waals surface area contributed by atoms with E-state index >= 15 is 0 Å². The van der Waals surface area contributed by atoms with Crippen LogP contribution in [0.15, 0.2) is 11.6 Å². The summed E-state index contributed by atoms with van der Waals surface area (Å²) >= 11 is 1.49. The van der Waals surface area contributed by atoms with Crippen molar-refractivity contribution in [1.82, 2.24) is 4.98 Å². The van der Waals surface area contributed by atoms with Crippen molar-refractivity contribution in [2.75, 3.05) is 0 Å². The fourth-order valence-corrected chi connectivity index (χ4v) is 1.86. The molecule has 0 saturated carbocycles. The van der Waals surface area contributed by atoms with Gasteiger partial charge >= 0.3 is 0 Å². The summed E-state index contributed by atoms with van der Waals surface area (Å²) in [5, 5.41) is 2.70. The first kappa shape index (κ1) is 9.19. The van der Waals surface area contributed by atoms with E-state index in [-0.39, 0.29) is 11.8 Å². The second-order valence-electron chi connectivity index (χ2n) is 2.61.